The minimum absolute atomic E-state index is 0.0194. The number of nitrogens with one attached hydrogen (secondary N) is 1. The van der Waals surface area contributed by atoms with Gasteiger partial charge in [0.05, 0.1) is 0 Å². The van der Waals surface area contributed by atoms with Crippen LogP contribution in [0.1, 0.15) is 49.8 Å². The fourth-order valence-corrected chi connectivity index (χ4v) is 3.50. The van der Waals surface area contributed by atoms with Crippen molar-refractivity contribution < 1.29 is 14.3 Å². The number of carbonyl (C=O) groups excluding carboxylic acids is 1. The van der Waals surface area contributed by atoms with Gasteiger partial charge in [-0.3, -0.25) is 14.0 Å². The first-order chi connectivity index (χ1) is 16.8. The number of fused-ring (bicyclic) bond motifs is 1. The second kappa shape index (κ2) is 12.0. The Kier molecular flexibility index (Phi) is 8.76. The molecule has 3 aromatic rings. The number of benzene rings is 1. The van der Waals surface area contributed by atoms with E-state index in [4.69, 9.17) is 9.47 Å². The topological polar surface area (TPSA) is 106 Å². The second-order valence-corrected chi connectivity index (χ2v) is 8.34. The molecule has 0 aliphatic heterocycles. The summed E-state index contributed by atoms with van der Waals surface area (Å²) >= 11 is 0. The Morgan fingerprint density at radius 2 is 2.09 bits per heavy atom. The summed E-state index contributed by atoms with van der Waals surface area (Å²) in [6.07, 6.45) is 3.43. The van der Waals surface area contributed by atoms with E-state index in [1.54, 1.807) is 24.4 Å². The van der Waals surface area contributed by atoms with Gasteiger partial charge in [-0.05, 0) is 61.6 Å². The van der Waals surface area contributed by atoms with Crippen LogP contribution in [-0.4, -0.2) is 35.1 Å². The Hall–Kier alpha value is -3.96. The largest absolute Gasteiger partial charge is 0.438 e. The molecule has 2 aromatic heterocycles. The van der Waals surface area contributed by atoms with Gasteiger partial charge in [-0.25, -0.2) is 0 Å². The number of nitrogens with zero attached hydrogens (tertiary/aromatic N) is 3. The molecule has 0 bridgehead atoms. The second-order valence-electron chi connectivity index (χ2n) is 8.34. The molecular weight excluding hydrogens is 444 g/mol. The van der Waals surface area contributed by atoms with Crippen LogP contribution >= 0.6 is 0 Å². The maximum absolute atomic E-state index is 13.4. The van der Waals surface area contributed by atoms with E-state index in [0.717, 1.165) is 11.1 Å². The predicted molar refractivity (Wildman–Crippen MR) is 135 cm³/mol. The highest BCUT2D eigenvalue weighted by molar-refractivity contribution is 6.01. The quantitative estimate of drug-likeness (QED) is 0.266. The van der Waals surface area contributed by atoms with E-state index in [1.807, 2.05) is 52.0 Å². The standard InChI is InChI=1S/C27H30N4O4/c1-5-34-14-8-12-29-25(32)20(17-28)16-22-26(30-24-9-6-7-13-31(24)27(22)33)35-23-15-19(4)10-11-21(23)18(2)3/h6-7,9-11,13,15-16,18H,5,8,12,14H2,1-4H3,(H,29,32). The lowest BCUT2D eigenvalue weighted by Gasteiger charge is -2.16. The highest BCUT2D eigenvalue weighted by Gasteiger charge is 2.19. The molecule has 0 atom stereocenters. The van der Waals surface area contributed by atoms with Crippen LogP contribution in [0.4, 0.5) is 0 Å². The lowest BCUT2D eigenvalue weighted by atomic mass is 10.0. The number of aryl methyl sites for hydroxylation is 1. The Bertz CT molecular complexity index is 1340. The molecule has 182 valence electrons. The fourth-order valence-electron chi connectivity index (χ4n) is 3.50. The van der Waals surface area contributed by atoms with Crippen molar-refractivity contribution in [2.75, 3.05) is 19.8 Å². The molecule has 2 heterocycles. The first-order valence-electron chi connectivity index (χ1n) is 11.6. The maximum atomic E-state index is 13.4. The van der Waals surface area contributed by atoms with E-state index in [2.05, 4.69) is 10.3 Å². The molecule has 1 amide bonds. The average molecular weight is 475 g/mol. The van der Waals surface area contributed by atoms with Gasteiger partial charge in [0.25, 0.3) is 11.5 Å². The number of rotatable bonds is 10. The highest BCUT2D eigenvalue weighted by Crippen LogP contribution is 2.32. The monoisotopic (exact) mass is 474 g/mol. The van der Waals surface area contributed by atoms with Gasteiger partial charge < -0.3 is 14.8 Å². The summed E-state index contributed by atoms with van der Waals surface area (Å²) in [4.78, 5) is 30.5. The third-order valence-electron chi connectivity index (χ3n) is 5.34. The molecule has 3 rings (SSSR count). The van der Waals surface area contributed by atoms with E-state index < -0.39 is 11.5 Å². The smallest absolute Gasteiger partial charge is 0.269 e. The van der Waals surface area contributed by atoms with Gasteiger partial charge in [-0.2, -0.15) is 10.2 Å². The van der Waals surface area contributed by atoms with Crippen molar-refractivity contribution in [2.45, 2.75) is 40.0 Å². The average Bonchev–Trinajstić information content (AvgIpc) is 2.83. The molecule has 0 aliphatic rings. The summed E-state index contributed by atoms with van der Waals surface area (Å²) < 4.78 is 12.8. The Morgan fingerprint density at radius 3 is 2.80 bits per heavy atom. The molecule has 0 spiro atoms. The van der Waals surface area contributed by atoms with Crippen molar-refractivity contribution in [2.24, 2.45) is 0 Å². The van der Waals surface area contributed by atoms with E-state index in [-0.39, 0.29) is 22.9 Å². The van der Waals surface area contributed by atoms with Crippen molar-refractivity contribution in [3.05, 3.63) is 75.2 Å². The van der Waals surface area contributed by atoms with Crippen molar-refractivity contribution >= 4 is 17.6 Å². The van der Waals surface area contributed by atoms with E-state index in [1.165, 1.54) is 10.5 Å². The first kappa shape index (κ1) is 25.7. The minimum Gasteiger partial charge on any atom is -0.438 e. The summed E-state index contributed by atoms with van der Waals surface area (Å²) in [6, 6.07) is 12.9. The van der Waals surface area contributed by atoms with Gasteiger partial charge in [0.15, 0.2) is 0 Å². The van der Waals surface area contributed by atoms with Crippen LogP contribution in [0.25, 0.3) is 11.7 Å². The van der Waals surface area contributed by atoms with Crippen LogP contribution in [-0.2, 0) is 9.53 Å². The van der Waals surface area contributed by atoms with Crippen molar-refractivity contribution in [1.82, 2.24) is 14.7 Å². The molecule has 0 unspecified atom stereocenters. The predicted octanol–water partition coefficient (Wildman–Crippen LogP) is 4.37. The van der Waals surface area contributed by atoms with Gasteiger partial charge in [0, 0.05) is 26.0 Å². The number of aromatic nitrogens is 2. The number of hydrogen-bond donors (Lipinski definition) is 1. The number of hydrogen-bond acceptors (Lipinski definition) is 6. The zero-order chi connectivity index (χ0) is 25.4. The molecule has 35 heavy (non-hydrogen) atoms. The highest BCUT2D eigenvalue weighted by atomic mass is 16.5. The van der Waals surface area contributed by atoms with Crippen LogP contribution in [0.15, 0.2) is 53.0 Å². The minimum atomic E-state index is -0.578. The number of nitriles is 1. The van der Waals surface area contributed by atoms with Crippen LogP contribution in [0.5, 0.6) is 11.6 Å². The Balaban J connectivity index is 2.06. The normalized spacial score (nSPS) is 11.5. The molecule has 0 saturated heterocycles. The fraction of sp³-hybridized carbons (Fsp3) is 0.333. The molecule has 0 radical (unpaired) electrons. The molecule has 1 N–H and O–H groups in total. The van der Waals surface area contributed by atoms with E-state index in [0.29, 0.717) is 37.6 Å². The molecule has 0 fully saturated rings. The summed E-state index contributed by atoms with van der Waals surface area (Å²) in [5.74, 6) is 0.195. The summed E-state index contributed by atoms with van der Waals surface area (Å²) in [7, 11) is 0. The Labute approximate surface area is 204 Å². The third-order valence-corrected chi connectivity index (χ3v) is 5.34. The van der Waals surface area contributed by atoms with E-state index in [9.17, 15) is 14.9 Å². The van der Waals surface area contributed by atoms with Crippen molar-refractivity contribution in [3.63, 3.8) is 0 Å². The molecule has 0 aliphatic carbocycles. The van der Waals surface area contributed by atoms with Crippen LogP contribution in [0.2, 0.25) is 0 Å². The summed E-state index contributed by atoms with van der Waals surface area (Å²) in [5.41, 5.74) is 1.69. The maximum Gasteiger partial charge on any atom is 0.269 e. The van der Waals surface area contributed by atoms with Gasteiger partial charge in [-0.1, -0.05) is 32.0 Å². The van der Waals surface area contributed by atoms with Crippen LogP contribution in [0, 0.1) is 18.3 Å². The zero-order valence-corrected chi connectivity index (χ0v) is 20.5. The van der Waals surface area contributed by atoms with Crippen LogP contribution in [0.3, 0.4) is 0 Å². The number of ether oxygens (including phenoxy) is 2. The molecule has 1 aromatic carbocycles. The SMILES string of the molecule is CCOCCCNC(=O)C(C#N)=Cc1c(Oc2cc(C)ccc2C(C)C)nc2ccccn2c1=O. The van der Waals surface area contributed by atoms with Gasteiger partial charge in [0.1, 0.15) is 28.6 Å². The third kappa shape index (κ3) is 6.34. The molecule has 8 heteroatoms. The van der Waals surface area contributed by atoms with E-state index >= 15 is 0 Å². The number of pyridine rings is 1. The van der Waals surface area contributed by atoms with Crippen molar-refractivity contribution in [1.29, 1.82) is 5.26 Å². The molecule has 0 saturated carbocycles. The summed E-state index contributed by atoms with van der Waals surface area (Å²) in [5, 5.41) is 12.4. The molecular formula is C27H30N4O4. The van der Waals surface area contributed by atoms with Crippen molar-refractivity contribution in [3.8, 4) is 17.7 Å². The molecule has 8 nitrogen and oxygen atoms in total. The number of carbonyl (C=O) groups is 1. The lowest BCUT2D eigenvalue weighted by molar-refractivity contribution is -0.117. The lowest BCUT2D eigenvalue weighted by Crippen LogP contribution is -2.27. The van der Waals surface area contributed by atoms with Gasteiger partial charge in [0.2, 0.25) is 5.88 Å². The Morgan fingerprint density at radius 1 is 1.29 bits per heavy atom. The van der Waals surface area contributed by atoms with Gasteiger partial charge >= 0.3 is 0 Å². The van der Waals surface area contributed by atoms with Crippen LogP contribution < -0.4 is 15.6 Å². The number of amides is 1. The summed E-state index contributed by atoms with van der Waals surface area (Å²) in [6.45, 7) is 9.38. The zero-order valence-electron chi connectivity index (χ0n) is 20.5. The first-order valence-corrected chi connectivity index (χ1v) is 11.6. The van der Waals surface area contributed by atoms with Gasteiger partial charge in [-0.15, -0.1) is 0 Å².